The molecule has 132 valence electrons. The molecule has 0 saturated carbocycles. The molecular weight excluding hydrogens is 368 g/mol. The molecule has 1 N–H and O–H groups in total. The van der Waals surface area contributed by atoms with Gasteiger partial charge in [-0.05, 0) is 48.7 Å². The zero-order chi connectivity index (χ0) is 18.2. The molecule has 1 atom stereocenters. The molecule has 0 fully saturated rings. The first kappa shape index (κ1) is 19.1. The van der Waals surface area contributed by atoms with Gasteiger partial charge in [-0.25, -0.2) is 4.79 Å². The van der Waals surface area contributed by atoms with Crippen molar-refractivity contribution in [3.63, 3.8) is 0 Å². The molecule has 1 amide bonds. The van der Waals surface area contributed by atoms with Crippen LogP contribution in [0, 0.1) is 0 Å². The number of thiophene rings is 1. The van der Waals surface area contributed by atoms with E-state index in [-0.39, 0.29) is 0 Å². The molecule has 8 heteroatoms. The highest BCUT2D eigenvalue weighted by molar-refractivity contribution is 7.99. The van der Waals surface area contributed by atoms with Gasteiger partial charge in [-0.1, -0.05) is 17.8 Å². The van der Waals surface area contributed by atoms with E-state index in [0.717, 1.165) is 4.88 Å². The number of thioether (sulfide) groups is 1. The highest BCUT2D eigenvalue weighted by Crippen LogP contribution is 2.26. The summed E-state index contributed by atoms with van der Waals surface area (Å²) in [4.78, 5) is 25.0. The first-order chi connectivity index (χ1) is 11.9. The molecule has 1 aromatic carbocycles. The second-order valence-electron chi connectivity index (χ2n) is 4.82. The van der Waals surface area contributed by atoms with Gasteiger partial charge in [0.2, 0.25) is 0 Å². The summed E-state index contributed by atoms with van der Waals surface area (Å²) in [6.07, 6.45) is 1.87. The van der Waals surface area contributed by atoms with E-state index < -0.39 is 23.7 Å². The second-order valence-corrected chi connectivity index (χ2v) is 6.86. The quantitative estimate of drug-likeness (QED) is 0.430. The topological polar surface area (TPSA) is 55.4 Å². The third-order valence-corrected chi connectivity index (χ3v) is 4.50. The molecule has 1 heterocycles. The van der Waals surface area contributed by atoms with Gasteiger partial charge < -0.3 is 10.1 Å². The van der Waals surface area contributed by atoms with Crippen LogP contribution >= 0.6 is 23.1 Å². The van der Waals surface area contributed by atoms with Gasteiger partial charge in [0.25, 0.3) is 11.7 Å². The van der Waals surface area contributed by atoms with Crippen LogP contribution in [0.4, 0.5) is 14.5 Å². The Morgan fingerprint density at radius 2 is 1.96 bits per heavy atom. The minimum atomic E-state index is -2.50. The predicted molar refractivity (Wildman–Crippen MR) is 95.8 cm³/mol. The molecule has 0 aliphatic carbocycles. The average Bonchev–Trinajstić information content (AvgIpc) is 3.07. The van der Waals surface area contributed by atoms with Gasteiger partial charge >= 0.3 is 5.97 Å². The third-order valence-electron chi connectivity index (χ3n) is 2.94. The van der Waals surface area contributed by atoms with Crippen LogP contribution in [-0.2, 0) is 14.3 Å². The summed E-state index contributed by atoms with van der Waals surface area (Å²) in [5.74, 6) is -3.63. The zero-order valence-corrected chi connectivity index (χ0v) is 14.8. The molecular formula is C17H15F2NO3S2. The first-order valence-corrected chi connectivity index (χ1v) is 8.98. The minimum Gasteiger partial charge on any atom is -0.449 e. The Bertz CT molecular complexity index is 731. The van der Waals surface area contributed by atoms with Crippen LogP contribution in [-0.4, -0.2) is 23.7 Å². The highest BCUT2D eigenvalue weighted by atomic mass is 32.2. The van der Waals surface area contributed by atoms with Gasteiger partial charge in [-0.3, -0.25) is 4.79 Å². The number of rotatable bonds is 7. The van der Waals surface area contributed by atoms with Crippen LogP contribution in [0.15, 0.2) is 52.7 Å². The predicted octanol–water partition coefficient (Wildman–Crippen LogP) is 4.65. The molecule has 1 aromatic heterocycles. The first-order valence-electron chi connectivity index (χ1n) is 7.22. The van der Waals surface area contributed by atoms with Gasteiger partial charge in [-0.15, -0.1) is 11.3 Å². The van der Waals surface area contributed by atoms with Gasteiger partial charge in [0.05, 0.1) is 0 Å². The summed E-state index contributed by atoms with van der Waals surface area (Å²) >= 11 is 1.90. The molecule has 0 radical (unpaired) electrons. The lowest BCUT2D eigenvalue weighted by atomic mass is 10.3. The Morgan fingerprint density at radius 3 is 2.56 bits per heavy atom. The van der Waals surface area contributed by atoms with Crippen LogP contribution in [0.1, 0.15) is 11.8 Å². The molecule has 25 heavy (non-hydrogen) atoms. The van der Waals surface area contributed by atoms with E-state index in [2.05, 4.69) is 5.32 Å². The van der Waals surface area contributed by atoms with E-state index >= 15 is 0 Å². The molecule has 0 bridgehead atoms. The SMILES string of the molecule is C[C@H](OC(=O)/C=C/c1cccs1)C(=O)Nc1ccc(SC(F)F)cc1. The summed E-state index contributed by atoms with van der Waals surface area (Å²) < 4.78 is 29.5. The molecule has 0 aliphatic heterocycles. The van der Waals surface area contributed by atoms with E-state index in [1.54, 1.807) is 6.08 Å². The summed E-state index contributed by atoms with van der Waals surface area (Å²) in [5.41, 5.74) is 0.431. The van der Waals surface area contributed by atoms with Crippen molar-refractivity contribution < 1.29 is 23.1 Å². The summed E-state index contributed by atoms with van der Waals surface area (Å²) in [6, 6.07) is 9.68. The lowest BCUT2D eigenvalue weighted by Crippen LogP contribution is -2.29. The number of ether oxygens (including phenoxy) is 1. The Morgan fingerprint density at radius 1 is 1.24 bits per heavy atom. The van der Waals surface area contributed by atoms with Gasteiger partial charge in [0.1, 0.15) is 0 Å². The molecule has 4 nitrogen and oxygen atoms in total. The normalized spacial score (nSPS) is 12.3. The van der Waals surface area contributed by atoms with Crippen molar-refractivity contribution in [2.75, 3.05) is 5.32 Å². The second kappa shape index (κ2) is 9.33. The van der Waals surface area contributed by atoms with Crippen molar-refractivity contribution in [1.82, 2.24) is 0 Å². The van der Waals surface area contributed by atoms with E-state index in [1.807, 2.05) is 17.5 Å². The summed E-state index contributed by atoms with van der Waals surface area (Å²) in [6.45, 7) is 1.45. The third kappa shape index (κ3) is 6.67. The Hall–Kier alpha value is -2.19. The molecule has 0 saturated heterocycles. The maximum absolute atomic E-state index is 12.3. The summed E-state index contributed by atoms with van der Waals surface area (Å²) in [7, 11) is 0. The standard InChI is InChI=1S/C17H15F2NO3S2/c1-11(23-15(21)9-8-13-3-2-10-24-13)16(22)20-12-4-6-14(7-5-12)25-17(18)19/h2-11,17H,1H3,(H,20,22)/b9-8+/t11-/m0/s1. The highest BCUT2D eigenvalue weighted by Gasteiger charge is 2.16. The number of alkyl halides is 2. The van der Waals surface area contributed by atoms with Crippen molar-refractivity contribution in [2.24, 2.45) is 0 Å². The van der Waals surface area contributed by atoms with E-state index in [0.29, 0.717) is 22.3 Å². The molecule has 0 unspecified atom stereocenters. The minimum absolute atomic E-state index is 0.395. The number of nitrogens with one attached hydrogen (secondary N) is 1. The van der Waals surface area contributed by atoms with Crippen molar-refractivity contribution in [2.45, 2.75) is 23.7 Å². The summed E-state index contributed by atoms with van der Waals surface area (Å²) in [5, 5.41) is 4.44. The molecule has 0 spiro atoms. The number of anilines is 1. The number of esters is 1. The maximum Gasteiger partial charge on any atom is 0.331 e. The average molecular weight is 383 g/mol. The molecule has 2 rings (SSSR count). The number of hydrogen-bond donors (Lipinski definition) is 1. The number of hydrogen-bond acceptors (Lipinski definition) is 5. The van der Waals surface area contributed by atoms with Gasteiger partial charge in [0.15, 0.2) is 6.10 Å². The number of carbonyl (C=O) groups excluding carboxylic acids is 2. The number of amides is 1. The number of carbonyl (C=O) groups is 2. The fourth-order valence-corrected chi connectivity index (χ4v) is 2.88. The number of benzene rings is 1. The van der Waals surface area contributed by atoms with E-state index in [9.17, 15) is 18.4 Å². The Labute approximate surface area is 151 Å². The monoisotopic (exact) mass is 383 g/mol. The van der Waals surface area contributed by atoms with Crippen molar-refractivity contribution in [1.29, 1.82) is 0 Å². The lowest BCUT2D eigenvalue weighted by Gasteiger charge is -2.12. The van der Waals surface area contributed by atoms with Crippen molar-refractivity contribution in [3.05, 3.63) is 52.7 Å². The smallest absolute Gasteiger partial charge is 0.331 e. The number of halogens is 2. The van der Waals surface area contributed by atoms with Gasteiger partial charge in [0, 0.05) is 21.5 Å². The Balaban J connectivity index is 1.84. The van der Waals surface area contributed by atoms with E-state index in [1.165, 1.54) is 48.6 Å². The van der Waals surface area contributed by atoms with E-state index in [4.69, 9.17) is 4.74 Å². The van der Waals surface area contributed by atoms with Crippen LogP contribution in [0.25, 0.3) is 6.08 Å². The fraction of sp³-hybridized carbons (Fsp3) is 0.176. The van der Waals surface area contributed by atoms with Crippen LogP contribution in [0.2, 0.25) is 0 Å². The van der Waals surface area contributed by atoms with Crippen molar-refractivity contribution in [3.8, 4) is 0 Å². The zero-order valence-electron chi connectivity index (χ0n) is 13.1. The van der Waals surface area contributed by atoms with Crippen LogP contribution < -0.4 is 5.32 Å². The van der Waals surface area contributed by atoms with Crippen LogP contribution in [0.3, 0.4) is 0 Å². The largest absolute Gasteiger partial charge is 0.449 e. The fourth-order valence-electron chi connectivity index (χ4n) is 1.77. The maximum atomic E-state index is 12.3. The van der Waals surface area contributed by atoms with Gasteiger partial charge in [-0.2, -0.15) is 8.78 Å². The Kier molecular flexibility index (Phi) is 7.15. The molecule has 2 aromatic rings. The lowest BCUT2D eigenvalue weighted by molar-refractivity contribution is -0.148. The van der Waals surface area contributed by atoms with Crippen LogP contribution in [0.5, 0.6) is 0 Å². The van der Waals surface area contributed by atoms with Crippen molar-refractivity contribution >= 4 is 46.7 Å². The molecule has 0 aliphatic rings.